The predicted octanol–water partition coefficient (Wildman–Crippen LogP) is 2.29. The molecule has 1 aromatic carbocycles. The average molecular weight is 434 g/mol. The molecule has 1 aliphatic heterocycles. The second-order valence-corrected chi connectivity index (χ2v) is 7.95. The molecule has 0 aliphatic carbocycles. The number of anilines is 2. The molecule has 1 atom stereocenters. The number of nitrogens with one attached hydrogen (secondary N) is 2. The van der Waals surface area contributed by atoms with Crippen molar-refractivity contribution in [2.75, 3.05) is 29.9 Å². The van der Waals surface area contributed by atoms with Crippen LogP contribution in [0.5, 0.6) is 0 Å². The summed E-state index contributed by atoms with van der Waals surface area (Å²) >= 11 is 1.10. The minimum absolute atomic E-state index is 0.105. The van der Waals surface area contributed by atoms with Crippen LogP contribution in [0.4, 0.5) is 20.4 Å². The van der Waals surface area contributed by atoms with Crippen molar-refractivity contribution in [1.29, 1.82) is 0 Å². The third kappa shape index (κ3) is 4.08. The number of nitrogens with zero attached hydrogens (tertiary/aromatic N) is 4. The summed E-state index contributed by atoms with van der Waals surface area (Å²) in [5.74, 6) is -1.07. The summed E-state index contributed by atoms with van der Waals surface area (Å²) in [5.41, 5.74) is 0.433. The number of aromatic amines is 1. The molecule has 0 amide bonds. The van der Waals surface area contributed by atoms with E-state index in [4.69, 9.17) is 0 Å². The monoisotopic (exact) mass is 434 g/mol. The Morgan fingerprint density at radius 1 is 1.30 bits per heavy atom. The van der Waals surface area contributed by atoms with Gasteiger partial charge in [-0.15, -0.1) is 0 Å². The Kier molecular flexibility index (Phi) is 5.82. The van der Waals surface area contributed by atoms with Crippen LogP contribution in [0.25, 0.3) is 11.2 Å². The Bertz CT molecular complexity index is 1140. The van der Waals surface area contributed by atoms with Crippen LogP contribution in [0.1, 0.15) is 18.9 Å². The van der Waals surface area contributed by atoms with E-state index in [2.05, 4.69) is 25.3 Å². The molecule has 0 spiro atoms. The number of aromatic nitrogens is 4. The molecule has 0 radical (unpaired) electrons. The van der Waals surface area contributed by atoms with Crippen LogP contribution in [0.2, 0.25) is 0 Å². The molecule has 3 N–H and O–H groups in total. The van der Waals surface area contributed by atoms with E-state index in [1.165, 1.54) is 12.1 Å². The molecular formula is C19H20F2N6O2S. The number of rotatable bonds is 7. The van der Waals surface area contributed by atoms with Gasteiger partial charge in [0.1, 0.15) is 0 Å². The molecule has 0 bridgehead atoms. The van der Waals surface area contributed by atoms with Gasteiger partial charge >= 0.3 is 0 Å². The van der Waals surface area contributed by atoms with E-state index in [1.54, 1.807) is 6.92 Å². The van der Waals surface area contributed by atoms with E-state index < -0.39 is 11.6 Å². The maximum Gasteiger partial charge on any atom is 0.292 e. The standard InChI is InChI=1S/C19H20F2N6O2S/c1-10(8-28)22-15-14-16(24-18(29)17(23-14)27-6-3-7-27)26-19(25-15)30-9-11-4-2-5-12(20)13(11)21/h2,4-5,10,28H,3,6-9H2,1H3,(H2,22,24,25,26,29)/t10-/m1/s1. The molecule has 158 valence electrons. The zero-order chi connectivity index (χ0) is 21.3. The minimum Gasteiger partial charge on any atom is -0.394 e. The highest BCUT2D eigenvalue weighted by Gasteiger charge is 2.22. The topological polar surface area (TPSA) is 107 Å². The van der Waals surface area contributed by atoms with Crippen LogP contribution < -0.4 is 15.8 Å². The summed E-state index contributed by atoms with van der Waals surface area (Å²) in [7, 11) is 0. The summed E-state index contributed by atoms with van der Waals surface area (Å²) < 4.78 is 27.4. The second kappa shape index (κ2) is 8.52. The second-order valence-electron chi connectivity index (χ2n) is 7.01. The van der Waals surface area contributed by atoms with Gasteiger partial charge in [0.2, 0.25) is 0 Å². The molecule has 1 aliphatic rings. The minimum atomic E-state index is -0.918. The van der Waals surface area contributed by atoms with E-state index >= 15 is 0 Å². The third-order valence-corrected chi connectivity index (χ3v) is 5.61. The molecule has 3 heterocycles. The van der Waals surface area contributed by atoms with Crippen LogP contribution in [-0.2, 0) is 5.75 Å². The van der Waals surface area contributed by atoms with Gasteiger partial charge in [0, 0.05) is 30.4 Å². The van der Waals surface area contributed by atoms with Crippen molar-refractivity contribution in [1.82, 2.24) is 19.9 Å². The lowest BCUT2D eigenvalue weighted by Gasteiger charge is -2.31. The Balaban J connectivity index is 1.71. The van der Waals surface area contributed by atoms with Gasteiger partial charge in [-0.2, -0.15) is 0 Å². The number of benzene rings is 1. The fraction of sp³-hybridized carbons (Fsp3) is 0.368. The fourth-order valence-corrected chi connectivity index (χ4v) is 3.76. The Morgan fingerprint density at radius 3 is 2.80 bits per heavy atom. The number of H-pyrrole nitrogens is 1. The van der Waals surface area contributed by atoms with Crippen molar-refractivity contribution < 1.29 is 13.9 Å². The number of hydrogen-bond donors (Lipinski definition) is 3. The summed E-state index contributed by atoms with van der Waals surface area (Å²) in [6.45, 7) is 3.15. The normalized spacial score (nSPS) is 14.6. The zero-order valence-electron chi connectivity index (χ0n) is 16.2. The first-order chi connectivity index (χ1) is 14.5. The molecular weight excluding hydrogens is 414 g/mol. The first kappa shape index (κ1) is 20.5. The molecule has 0 saturated carbocycles. The van der Waals surface area contributed by atoms with Gasteiger partial charge in [-0.3, -0.25) is 4.79 Å². The van der Waals surface area contributed by atoms with Crippen LogP contribution >= 0.6 is 11.8 Å². The van der Waals surface area contributed by atoms with Gasteiger partial charge in [-0.1, -0.05) is 23.9 Å². The molecule has 0 unspecified atom stereocenters. The molecule has 11 heteroatoms. The van der Waals surface area contributed by atoms with E-state index in [-0.39, 0.29) is 40.3 Å². The van der Waals surface area contributed by atoms with Gasteiger partial charge in [-0.05, 0) is 19.4 Å². The lowest BCUT2D eigenvalue weighted by molar-refractivity contribution is 0.281. The largest absolute Gasteiger partial charge is 0.394 e. The highest BCUT2D eigenvalue weighted by Crippen LogP contribution is 2.27. The molecule has 2 aromatic heterocycles. The zero-order valence-corrected chi connectivity index (χ0v) is 17.0. The summed E-state index contributed by atoms with van der Waals surface area (Å²) in [6, 6.07) is 3.66. The molecule has 3 aromatic rings. The maximum absolute atomic E-state index is 13.9. The smallest absolute Gasteiger partial charge is 0.292 e. The number of hydrogen-bond acceptors (Lipinski definition) is 8. The average Bonchev–Trinajstić information content (AvgIpc) is 2.68. The summed E-state index contributed by atoms with van der Waals surface area (Å²) in [5, 5.41) is 12.7. The molecule has 1 saturated heterocycles. The maximum atomic E-state index is 13.9. The van der Waals surface area contributed by atoms with E-state index in [0.29, 0.717) is 17.2 Å². The number of aliphatic hydroxyl groups is 1. The highest BCUT2D eigenvalue weighted by atomic mass is 32.2. The van der Waals surface area contributed by atoms with Gasteiger partial charge in [0.15, 0.2) is 39.6 Å². The third-order valence-electron chi connectivity index (χ3n) is 4.72. The Morgan fingerprint density at radius 2 is 2.10 bits per heavy atom. The molecule has 1 fully saturated rings. The van der Waals surface area contributed by atoms with Gasteiger partial charge in [0.05, 0.1) is 6.61 Å². The van der Waals surface area contributed by atoms with Crippen molar-refractivity contribution in [3.63, 3.8) is 0 Å². The van der Waals surface area contributed by atoms with Gasteiger partial charge in [-0.25, -0.2) is 23.7 Å². The lowest BCUT2D eigenvalue weighted by Crippen LogP contribution is -2.41. The Labute approximate surface area is 174 Å². The van der Waals surface area contributed by atoms with Crippen molar-refractivity contribution in [2.45, 2.75) is 30.3 Å². The van der Waals surface area contributed by atoms with Crippen molar-refractivity contribution in [3.05, 3.63) is 45.8 Å². The summed E-state index contributed by atoms with van der Waals surface area (Å²) in [6.07, 6.45) is 0.995. The van der Waals surface area contributed by atoms with Crippen LogP contribution in [0.15, 0.2) is 28.2 Å². The first-order valence-electron chi connectivity index (χ1n) is 9.46. The molecule has 4 rings (SSSR count). The number of aliphatic hydroxyl groups excluding tert-OH is 1. The van der Waals surface area contributed by atoms with Crippen molar-refractivity contribution >= 4 is 34.6 Å². The van der Waals surface area contributed by atoms with E-state index in [0.717, 1.165) is 37.3 Å². The predicted molar refractivity (Wildman–Crippen MR) is 111 cm³/mol. The van der Waals surface area contributed by atoms with Crippen LogP contribution in [-0.4, -0.2) is 50.8 Å². The first-order valence-corrected chi connectivity index (χ1v) is 10.4. The SMILES string of the molecule is C[C@H](CO)Nc1nc(SCc2cccc(F)c2F)nc2[nH]c(=O)c(N3CCC3)nc12. The molecule has 30 heavy (non-hydrogen) atoms. The fourth-order valence-electron chi connectivity index (χ4n) is 2.94. The van der Waals surface area contributed by atoms with Gasteiger partial charge in [0.25, 0.3) is 5.56 Å². The van der Waals surface area contributed by atoms with E-state index in [1.807, 2.05) is 4.90 Å². The highest BCUT2D eigenvalue weighted by molar-refractivity contribution is 7.98. The van der Waals surface area contributed by atoms with Crippen LogP contribution in [0, 0.1) is 11.6 Å². The van der Waals surface area contributed by atoms with Crippen LogP contribution in [0.3, 0.4) is 0 Å². The van der Waals surface area contributed by atoms with E-state index in [9.17, 15) is 18.7 Å². The lowest BCUT2D eigenvalue weighted by atomic mass is 10.2. The molecule has 8 nitrogen and oxygen atoms in total. The quantitative estimate of drug-likeness (QED) is 0.384. The number of fused-ring (bicyclic) bond motifs is 1. The number of halogens is 2. The summed E-state index contributed by atoms with van der Waals surface area (Å²) in [4.78, 5) is 30.3. The van der Waals surface area contributed by atoms with Crippen molar-refractivity contribution in [3.8, 4) is 0 Å². The van der Waals surface area contributed by atoms with Crippen molar-refractivity contribution in [2.24, 2.45) is 0 Å². The van der Waals surface area contributed by atoms with Gasteiger partial charge < -0.3 is 20.3 Å². The number of thioether (sulfide) groups is 1. The Hall–Kier alpha value is -2.79.